The molecule has 2 rings (SSSR count). The van der Waals surface area contributed by atoms with Crippen LogP contribution >= 0.6 is 11.6 Å². The molecule has 1 aromatic rings. The van der Waals surface area contributed by atoms with Crippen LogP contribution in [0.3, 0.4) is 0 Å². The topological polar surface area (TPSA) is 26.0 Å². The van der Waals surface area contributed by atoms with Gasteiger partial charge in [0.05, 0.1) is 0 Å². The van der Waals surface area contributed by atoms with Crippen molar-refractivity contribution in [3.8, 4) is 0 Å². The van der Waals surface area contributed by atoms with Crippen LogP contribution in [0.4, 0.5) is 0 Å². The standard InChI is InChI=1S/C11H14ClN/c1-2-11(13)7-9(11)8-5-3-4-6-10(8)12/h3-6,9H,2,7,13H2,1H3/t9-,11-/m1/s1. The summed E-state index contributed by atoms with van der Waals surface area (Å²) in [5.41, 5.74) is 7.37. The zero-order valence-electron chi connectivity index (χ0n) is 7.76. The molecule has 1 aliphatic rings. The lowest BCUT2D eigenvalue weighted by Crippen LogP contribution is -2.22. The molecule has 0 spiro atoms. The van der Waals surface area contributed by atoms with Crippen LogP contribution < -0.4 is 5.73 Å². The molecule has 1 nitrogen and oxygen atoms in total. The molecule has 2 atom stereocenters. The van der Waals surface area contributed by atoms with E-state index in [1.54, 1.807) is 0 Å². The van der Waals surface area contributed by atoms with Crippen molar-refractivity contribution in [2.24, 2.45) is 5.73 Å². The van der Waals surface area contributed by atoms with Gasteiger partial charge in [-0.25, -0.2) is 0 Å². The zero-order valence-corrected chi connectivity index (χ0v) is 8.51. The second-order valence-corrected chi connectivity index (χ2v) is 4.27. The summed E-state index contributed by atoms with van der Waals surface area (Å²) in [5, 5.41) is 0.855. The van der Waals surface area contributed by atoms with Gasteiger partial charge in [-0.05, 0) is 24.5 Å². The molecule has 1 saturated carbocycles. The molecule has 0 saturated heterocycles. The molecule has 2 N–H and O–H groups in total. The number of hydrogen-bond donors (Lipinski definition) is 1. The Hall–Kier alpha value is -0.530. The summed E-state index contributed by atoms with van der Waals surface area (Å²) in [7, 11) is 0. The number of halogens is 1. The van der Waals surface area contributed by atoms with E-state index >= 15 is 0 Å². The van der Waals surface area contributed by atoms with Gasteiger partial charge < -0.3 is 5.73 Å². The van der Waals surface area contributed by atoms with E-state index in [9.17, 15) is 0 Å². The first-order valence-corrected chi connectivity index (χ1v) is 5.08. The number of hydrogen-bond acceptors (Lipinski definition) is 1. The van der Waals surface area contributed by atoms with E-state index in [0.717, 1.165) is 17.9 Å². The maximum atomic E-state index is 6.13. The van der Waals surface area contributed by atoms with Crippen LogP contribution in [-0.2, 0) is 0 Å². The highest BCUT2D eigenvalue weighted by atomic mass is 35.5. The van der Waals surface area contributed by atoms with Gasteiger partial charge in [-0.3, -0.25) is 0 Å². The predicted molar refractivity (Wildman–Crippen MR) is 56.0 cm³/mol. The van der Waals surface area contributed by atoms with Crippen molar-refractivity contribution in [3.05, 3.63) is 34.9 Å². The van der Waals surface area contributed by atoms with Gasteiger partial charge in [0.15, 0.2) is 0 Å². The van der Waals surface area contributed by atoms with Crippen LogP contribution in [0.5, 0.6) is 0 Å². The third kappa shape index (κ3) is 1.47. The van der Waals surface area contributed by atoms with Gasteiger partial charge in [0, 0.05) is 16.5 Å². The molecule has 0 heterocycles. The van der Waals surface area contributed by atoms with E-state index in [2.05, 4.69) is 13.0 Å². The molecule has 0 radical (unpaired) electrons. The summed E-state index contributed by atoms with van der Waals surface area (Å²) in [6.07, 6.45) is 2.11. The first-order chi connectivity index (χ1) is 6.17. The molecule has 0 aromatic heterocycles. The van der Waals surface area contributed by atoms with Crippen LogP contribution in [0.1, 0.15) is 31.2 Å². The SMILES string of the molecule is CC[C@@]1(N)C[C@@H]1c1ccccc1Cl. The van der Waals surface area contributed by atoms with E-state index in [1.807, 2.05) is 18.2 Å². The highest BCUT2D eigenvalue weighted by Crippen LogP contribution is 2.52. The van der Waals surface area contributed by atoms with Gasteiger partial charge in [-0.1, -0.05) is 36.7 Å². The Kier molecular flexibility index (Phi) is 2.09. The van der Waals surface area contributed by atoms with Crippen molar-refractivity contribution >= 4 is 11.6 Å². The Balaban J connectivity index is 2.25. The molecular formula is C11H14ClN. The minimum absolute atomic E-state index is 0.0188. The average molecular weight is 196 g/mol. The molecule has 0 unspecified atom stereocenters. The summed E-state index contributed by atoms with van der Waals surface area (Å²) in [4.78, 5) is 0. The Bertz CT molecular complexity index is 324. The first-order valence-electron chi connectivity index (χ1n) is 4.70. The van der Waals surface area contributed by atoms with Crippen molar-refractivity contribution in [1.82, 2.24) is 0 Å². The summed E-state index contributed by atoms with van der Waals surface area (Å²) < 4.78 is 0. The first kappa shape index (κ1) is 9.04. The quantitative estimate of drug-likeness (QED) is 0.772. The summed E-state index contributed by atoms with van der Waals surface area (Å²) >= 11 is 6.09. The van der Waals surface area contributed by atoms with E-state index in [-0.39, 0.29) is 5.54 Å². The fourth-order valence-electron chi connectivity index (χ4n) is 1.89. The molecule has 0 amide bonds. The summed E-state index contributed by atoms with van der Waals surface area (Å²) in [6.45, 7) is 2.14. The summed E-state index contributed by atoms with van der Waals surface area (Å²) in [5.74, 6) is 0.478. The Morgan fingerprint density at radius 1 is 1.54 bits per heavy atom. The minimum Gasteiger partial charge on any atom is -0.325 e. The van der Waals surface area contributed by atoms with Gasteiger partial charge in [-0.2, -0.15) is 0 Å². The highest BCUT2D eigenvalue weighted by molar-refractivity contribution is 6.31. The van der Waals surface area contributed by atoms with Crippen LogP contribution in [-0.4, -0.2) is 5.54 Å². The maximum Gasteiger partial charge on any atom is 0.0441 e. The number of rotatable bonds is 2. The lowest BCUT2D eigenvalue weighted by molar-refractivity contribution is 0.626. The zero-order chi connectivity index (χ0) is 9.47. The third-order valence-electron chi connectivity index (χ3n) is 3.06. The normalized spacial score (nSPS) is 31.8. The highest BCUT2D eigenvalue weighted by Gasteiger charge is 2.50. The van der Waals surface area contributed by atoms with E-state index in [1.165, 1.54) is 5.56 Å². The Morgan fingerprint density at radius 3 is 2.77 bits per heavy atom. The van der Waals surface area contributed by atoms with Gasteiger partial charge in [0.25, 0.3) is 0 Å². The van der Waals surface area contributed by atoms with Crippen molar-refractivity contribution < 1.29 is 0 Å². The largest absolute Gasteiger partial charge is 0.325 e. The minimum atomic E-state index is 0.0188. The van der Waals surface area contributed by atoms with Gasteiger partial charge in [-0.15, -0.1) is 0 Å². The molecule has 13 heavy (non-hydrogen) atoms. The molecular weight excluding hydrogens is 182 g/mol. The molecule has 70 valence electrons. The third-order valence-corrected chi connectivity index (χ3v) is 3.40. The number of benzene rings is 1. The van der Waals surface area contributed by atoms with Gasteiger partial charge >= 0.3 is 0 Å². The molecule has 1 fully saturated rings. The molecule has 1 aliphatic carbocycles. The van der Waals surface area contributed by atoms with Crippen LogP contribution in [0, 0.1) is 0 Å². The van der Waals surface area contributed by atoms with Gasteiger partial charge in [0.1, 0.15) is 0 Å². The fourth-order valence-corrected chi connectivity index (χ4v) is 2.16. The predicted octanol–water partition coefficient (Wildman–Crippen LogP) is 2.93. The lowest BCUT2D eigenvalue weighted by atomic mass is 10.1. The lowest BCUT2D eigenvalue weighted by Gasteiger charge is -2.08. The maximum absolute atomic E-state index is 6.13. The average Bonchev–Trinajstić information content (AvgIpc) is 2.80. The fraction of sp³-hybridized carbons (Fsp3) is 0.455. The van der Waals surface area contributed by atoms with Gasteiger partial charge in [0.2, 0.25) is 0 Å². The van der Waals surface area contributed by atoms with E-state index < -0.39 is 0 Å². The second kappa shape index (κ2) is 3.00. The van der Waals surface area contributed by atoms with E-state index in [0.29, 0.717) is 5.92 Å². The van der Waals surface area contributed by atoms with Crippen molar-refractivity contribution in [2.45, 2.75) is 31.2 Å². The molecule has 0 bridgehead atoms. The van der Waals surface area contributed by atoms with Crippen molar-refractivity contribution in [2.75, 3.05) is 0 Å². The monoisotopic (exact) mass is 195 g/mol. The van der Waals surface area contributed by atoms with Crippen LogP contribution in [0.15, 0.2) is 24.3 Å². The van der Waals surface area contributed by atoms with Crippen molar-refractivity contribution in [3.63, 3.8) is 0 Å². The summed E-state index contributed by atoms with van der Waals surface area (Å²) in [6, 6.07) is 8.00. The smallest absolute Gasteiger partial charge is 0.0441 e. The molecule has 0 aliphatic heterocycles. The molecule has 1 aromatic carbocycles. The van der Waals surface area contributed by atoms with Crippen LogP contribution in [0.25, 0.3) is 0 Å². The number of nitrogens with two attached hydrogens (primary N) is 1. The Morgan fingerprint density at radius 2 is 2.23 bits per heavy atom. The van der Waals surface area contributed by atoms with Crippen molar-refractivity contribution in [1.29, 1.82) is 0 Å². The second-order valence-electron chi connectivity index (χ2n) is 3.86. The van der Waals surface area contributed by atoms with Crippen LogP contribution in [0.2, 0.25) is 5.02 Å². The molecule has 2 heteroatoms. The van der Waals surface area contributed by atoms with E-state index in [4.69, 9.17) is 17.3 Å². The Labute approximate surface area is 83.9 Å².